The molecule has 0 unspecified atom stereocenters. The first kappa shape index (κ1) is 10.6. The zero-order chi connectivity index (χ0) is 11.7. The molecule has 1 aromatic carbocycles. The lowest BCUT2D eigenvalue weighted by Crippen LogP contribution is -1.98. The fourth-order valence-electron chi connectivity index (χ4n) is 1.64. The maximum absolute atomic E-state index is 5.61. The zero-order valence-electron chi connectivity index (χ0n) is 9.78. The summed E-state index contributed by atoms with van der Waals surface area (Å²) < 4.78 is 0. The van der Waals surface area contributed by atoms with Gasteiger partial charge in [-0.15, -0.1) is 0 Å². The third-order valence-corrected chi connectivity index (χ3v) is 2.77. The summed E-state index contributed by atoms with van der Waals surface area (Å²) in [5, 5.41) is 0. The minimum Gasteiger partial charge on any atom is -0.368 e. The van der Waals surface area contributed by atoms with Crippen molar-refractivity contribution in [3.05, 3.63) is 41.1 Å². The van der Waals surface area contributed by atoms with Crippen molar-refractivity contribution in [2.24, 2.45) is 0 Å². The topological polar surface area (TPSA) is 51.8 Å². The van der Waals surface area contributed by atoms with Crippen LogP contribution in [0.2, 0.25) is 0 Å². The SMILES string of the molecule is Cc1ccc(-c2nc(N)ncc2C)cc1C. The second-order valence-corrected chi connectivity index (χ2v) is 4.06. The summed E-state index contributed by atoms with van der Waals surface area (Å²) in [6.45, 7) is 6.18. The van der Waals surface area contributed by atoms with Crippen LogP contribution < -0.4 is 5.73 Å². The Kier molecular flexibility index (Phi) is 2.60. The molecule has 3 heteroatoms. The molecule has 2 rings (SSSR count). The van der Waals surface area contributed by atoms with E-state index >= 15 is 0 Å². The molecule has 0 saturated heterocycles. The van der Waals surface area contributed by atoms with Gasteiger partial charge in [-0.1, -0.05) is 12.1 Å². The highest BCUT2D eigenvalue weighted by atomic mass is 15.0. The second kappa shape index (κ2) is 3.93. The van der Waals surface area contributed by atoms with E-state index in [2.05, 4.69) is 42.0 Å². The molecule has 1 aromatic heterocycles. The van der Waals surface area contributed by atoms with E-state index < -0.39 is 0 Å². The number of rotatable bonds is 1. The van der Waals surface area contributed by atoms with Gasteiger partial charge in [-0.3, -0.25) is 0 Å². The van der Waals surface area contributed by atoms with E-state index in [1.807, 2.05) is 6.92 Å². The van der Waals surface area contributed by atoms with Crippen molar-refractivity contribution in [3.63, 3.8) is 0 Å². The average Bonchev–Trinajstić information content (AvgIpc) is 2.26. The predicted molar refractivity (Wildman–Crippen MR) is 66.1 cm³/mol. The third kappa shape index (κ3) is 1.89. The molecule has 0 saturated carbocycles. The third-order valence-electron chi connectivity index (χ3n) is 2.77. The van der Waals surface area contributed by atoms with E-state index in [0.29, 0.717) is 5.95 Å². The number of benzene rings is 1. The van der Waals surface area contributed by atoms with Crippen LogP contribution in [0.15, 0.2) is 24.4 Å². The van der Waals surface area contributed by atoms with Gasteiger partial charge in [0.25, 0.3) is 0 Å². The molecule has 2 N–H and O–H groups in total. The second-order valence-electron chi connectivity index (χ2n) is 4.06. The summed E-state index contributed by atoms with van der Waals surface area (Å²) in [7, 11) is 0. The average molecular weight is 213 g/mol. The Bertz CT molecular complexity index is 533. The molecule has 0 aliphatic rings. The maximum atomic E-state index is 5.61. The number of hydrogen-bond donors (Lipinski definition) is 1. The molecule has 0 aliphatic carbocycles. The van der Waals surface area contributed by atoms with Gasteiger partial charge in [-0.25, -0.2) is 9.97 Å². The largest absolute Gasteiger partial charge is 0.368 e. The van der Waals surface area contributed by atoms with Crippen LogP contribution in [-0.4, -0.2) is 9.97 Å². The quantitative estimate of drug-likeness (QED) is 0.792. The molecule has 0 atom stereocenters. The van der Waals surface area contributed by atoms with E-state index in [4.69, 9.17) is 5.73 Å². The van der Waals surface area contributed by atoms with Crippen LogP contribution in [0.5, 0.6) is 0 Å². The molecule has 1 heterocycles. The first-order valence-electron chi connectivity index (χ1n) is 5.24. The Balaban J connectivity index is 2.58. The number of aryl methyl sites for hydroxylation is 3. The minimum absolute atomic E-state index is 0.318. The van der Waals surface area contributed by atoms with Gasteiger partial charge in [0.2, 0.25) is 5.95 Å². The highest BCUT2D eigenvalue weighted by molar-refractivity contribution is 5.64. The molecule has 0 aliphatic heterocycles. The van der Waals surface area contributed by atoms with Crippen LogP contribution in [0, 0.1) is 20.8 Å². The smallest absolute Gasteiger partial charge is 0.220 e. The van der Waals surface area contributed by atoms with Crippen molar-refractivity contribution < 1.29 is 0 Å². The van der Waals surface area contributed by atoms with E-state index in [1.54, 1.807) is 6.20 Å². The lowest BCUT2D eigenvalue weighted by molar-refractivity contribution is 1.15. The molecule has 0 spiro atoms. The highest BCUT2D eigenvalue weighted by Gasteiger charge is 2.05. The Labute approximate surface area is 95.4 Å². The van der Waals surface area contributed by atoms with Crippen LogP contribution in [0.25, 0.3) is 11.3 Å². The number of aromatic nitrogens is 2. The monoisotopic (exact) mass is 213 g/mol. The Morgan fingerprint density at radius 2 is 1.75 bits per heavy atom. The summed E-state index contributed by atoms with van der Waals surface area (Å²) >= 11 is 0. The van der Waals surface area contributed by atoms with E-state index in [9.17, 15) is 0 Å². The van der Waals surface area contributed by atoms with Crippen LogP contribution in [0.3, 0.4) is 0 Å². The molecule has 2 aromatic rings. The van der Waals surface area contributed by atoms with Crippen LogP contribution >= 0.6 is 0 Å². The Hall–Kier alpha value is -1.90. The van der Waals surface area contributed by atoms with Gasteiger partial charge in [0, 0.05) is 11.8 Å². The van der Waals surface area contributed by atoms with Gasteiger partial charge in [0.05, 0.1) is 5.69 Å². The lowest BCUT2D eigenvalue weighted by Gasteiger charge is -2.07. The van der Waals surface area contributed by atoms with Gasteiger partial charge in [0.15, 0.2) is 0 Å². The fraction of sp³-hybridized carbons (Fsp3) is 0.231. The summed E-state index contributed by atoms with van der Waals surface area (Å²) in [5.41, 5.74) is 11.2. The number of nitrogens with two attached hydrogens (primary N) is 1. The molecule has 0 fully saturated rings. The van der Waals surface area contributed by atoms with Gasteiger partial charge >= 0.3 is 0 Å². The van der Waals surface area contributed by atoms with Crippen molar-refractivity contribution in [3.8, 4) is 11.3 Å². The van der Waals surface area contributed by atoms with E-state index in [-0.39, 0.29) is 0 Å². The van der Waals surface area contributed by atoms with Crippen LogP contribution in [-0.2, 0) is 0 Å². The normalized spacial score (nSPS) is 10.4. The van der Waals surface area contributed by atoms with Gasteiger partial charge in [0.1, 0.15) is 0 Å². The number of nitrogen functional groups attached to an aromatic ring is 1. The first-order valence-corrected chi connectivity index (χ1v) is 5.24. The van der Waals surface area contributed by atoms with Crippen molar-refractivity contribution in [1.29, 1.82) is 0 Å². The molecular formula is C13H15N3. The molecule has 16 heavy (non-hydrogen) atoms. The predicted octanol–water partition coefficient (Wildman–Crippen LogP) is 2.65. The number of hydrogen-bond acceptors (Lipinski definition) is 3. The summed E-state index contributed by atoms with van der Waals surface area (Å²) in [4.78, 5) is 8.25. The zero-order valence-corrected chi connectivity index (χ0v) is 9.78. The molecule has 0 amide bonds. The maximum Gasteiger partial charge on any atom is 0.220 e. The number of anilines is 1. The van der Waals surface area contributed by atoms with Gasteiger partial charge in [-0.05, 0) is 43.5 Å². The molecule has 82 valence electrons. The molecule has 0 bridgehead atoms. The molecule has 3 nitrogen and oxygen atoms in total. The summed E-state index contributed by atoms with van der Waals surface area (Å²) in [6, 6.07) is 6.30. The van der Waals surface area contributed by atoms with Gasteiger partial charge < -0.3 is 5.73 Å². The lowest BCUT2D eigenvalue weighted by atomic mass is 10.0. The van der Waals surface area contributed by atoms with E-state index in [0.717, 1.165) is 16.8 Å². The Morgan fingerprint density at radius 3 is 2.44 bits per heavy atom. The van der Waals surface area contributed by atoms with Gasteiger partial charge in [-0.2, -0.15) is 0 Å². The molecule has 0 radical (unpaired) electrons. The number of nitrogens with zero attached hydrogens (tertiary/aromatic N) is 2. The summed E-state index contributed by atoms with van der Waals surface area (Å²) in [6.07, 6.45) is 1.76. The summed E-state index contributed by atoms with van der Waals surface area (Å²) in [5.74, 6) is 0.318. The minimum atomic E-state index is 0.318. The van der Waals surface area contributed by atoms with E-state index in [1.165, 1.54) is 11.1 Å². The fourth-order valence-corrected chi connectivity index (χ4v) is 1.64. The van der Waals surface area contributed by atoms with Crippen molar-refractivity contribution >= 4 is 5.95 Å². The first-order chi connectivity index (χ1) is 7.58. The van der Waals surface area contributed by atoms with Crippen LogP contribution in [0.4, 0.5) is 5.95 Å². The standard InChI is InChI=1S/C13H15N3/c1-8-4-5-11(6-9(8)2)12-10(3)7-15-13(14)16-12/h4-7H,1-3H3,(H2,14,15,16). The van der Waals surface area contributed by atoms with Crippen molar-refractivity contribution in [2.75, 3.05) is 5.73 Å². The van der Waals surface area contributed by atoms with Crippen molar-refractivity contribution in [1.82, 2.24) is 9.97 Å². The van der Waals surface area contributed by atoms with Crippen molar-refractivity contribution in [2.45, 2.75) is 20.8 Å². The molecular weight excluding hydrogens is 198 g/mol. The Morgan fingerprint density at radius 1 is 1.00 bits per heavy atom. The van der Waals surface area contributed by atoms with Crippen LogP contribution in [0.1, 0.15) is 16.7 Å². The highest BCUT2D eigenvalue weighted by Crippen LogP contribution is 2.23.